The summed E-state index contributed by atoms with van der Waals surface area (Å²) in [4.78, 5) is 28.6. The molecule has 0 radical (unpaired) electrons. The Bertz CT molecular complexity index is 810. The highest BCUT2D eigenvalue weighted by Crippen LogP contribution is 2.17. The number of aryl methyl sites for hydroxylation is 2. The first-order valence-corrected chi connectivity index (χ1v) is 10.8. The van der Waals surface area contributed by atoms with Gasteiger partial charge < -0.3 is 14.3 Å². The monoisotopic (exact) mass is 421 g/mol. The van der Waals surface area contributed by atoms with E-state index in [0.29, 0.717) is 49.1 Å². The summed E-state index contributed by atoms with van der Waals surface area (Å²) in [5, 5.41) is 4.61. The van der Waals surface area contributed by atoms with E-state index in [9.17, 15) is 9.59 Å². The van der Waals surface area contributed by atoms with E-state index in [2.05, 4.69) is 5.16 Å². The zero-order valence-electron chi connectivity index (χ0n) is 16.1. The molecule has 1 fully saturated rings. The van der Waals surface area contributed by atoms with Gasteiger partial charge in [-0.1, -0.05) is 28.9 Å². The number of amides is 2. The van der Waals surface area contributed by atoms with Gasteiger partial charge in [0.15, 0.2) is 0 Å². The second kappa shape index (κ2) is 9.47. The van der Waals surface area contributed by atoms with Crippen LogP contribution in [-0.2, 0) is 21.8 Å². The third-order valence-corrected chi connectivity index (χ3v) is 6.14. The Labute approximate surface area is 174 Å². The Hall–Kier alpha value is -1.99. The Morgan fingerprint density at radius 1 is 1.07 bits per heavy atom. The molecule has 2 aromatic rings. The molecule has 2 amide bonds. The molecule has 1 aliphatic heterocycles. The van der Waals surface area contributed by atoms with Crippen molar-refractivity contribution in [3.8, 4) is 0 Å². The lowest BCUT2D eigenvalue weighted by Gasteiger charge is -2.34. The van der Waals surface area contributed by atoms with Crippen LogP contribution in [0, 0.1) is 13.8 Å². The Morgan fingerprint density at radius 3 is 2.25 bits per heavy atom. The summed E-state index contributed by atoms with van der Waals surface area (Å²) in [5.41, 5.74) is 2.77. The molecule has 0 atom stereocenters. The maximum Gasteiger partial charge on any atom is 0.232 e. The lowest BCUT2D eigenvalue weighted by Crippen LogP contribution is -2.51. The average Bonchev–Trinajstić information content (AvgIpc) is 3.01. The van der Waals surface area contributed by atoms with Crippen LogP contribution in [0.15, 0.2) is 28.8 Å². The minimum absolute atomic E-state index is 0.0543. The molecular weight excluding hydrogens is 398 g/mol. The number of hydrogen-bond donors (Lipinski definition) is 0. The van der Waals surface area contributed by atoms with Crippen molar-refractivity contribution >= 4 is 35.2 Å². The van der Waals surface area contributed by atoms with Crippen molar-refractivity contribution in [1.82, 2.24) is 15.0 Å². The van der Waals surface area contributed by atoms with E-state index in [0.717, 1.165) is 22.6 Å². The van der Waals surface area contributed by atoms with Gasteiger partial charge in [-0.25, -0.2) is 0 Å². The van der Waals surface area contributed by atoms with E-state index in [1.54, 1.807) is 11.8 Å². The lowest BCUT2D eigenvalue weighted by atomic mass is 10.1. The molecule has 1 aromatic carbocycles. The van der Waals surface area contributed by atoms with Gasteiger partial charge in [0, 0.05) is 42.5 Å². The highest BCUT2D eigenvalue weighted by atomic mass is 35.5. The first-order valence-electron chi connectivity index (χ1n) is 9.23. The molecule has 1 saturated heterocycles. The summed E-state index contributed by atoms with van der Waals surface area (Å²) < 4.78 is 5.12. The van der Waals surface area contributed by atoms with Crippen molar-refractivity contribution in [3.63, 3.8) is 0 Å². The number of thioether (sulfide) groups is 1. The largest absolute Gasteiger partial charge is 0.361 e. The number of carbonyl (C=O) groups excluding carboxylic acids is 2. The van der Waals surface area contributed by atoms with Gasteiger partial charge >= 0.3 is 0 Å². The van der Waals surface area contributed by atoms with E-state index in [-0.39, 0.29) is 11.8 Å². The average molecular weight is 422 g/mol. The summed E-state index contributed by atoms with van der Waals surface area (Å²) in [5.74, 6) is 2.09. The van der Waals surface area contributed by atoms with Crippen molar-refractivity contribution < 1.29 is 14.1 Å². The van der Waals surface area contributed by atoms with Crippen LogP contribution in [0.5, 0.6) is 0 Å². The summed E-state index contributed by atoms with van der Waals surface area (Å²) in [7, 11) is 0. The van der Waals surface area contributed by atoms with E-state index in [1.165, 1.54) is 0 Å². The molecule has 8 heteroatoms. The van der Waals surface area contributed by atoms with Crippen LogP contribution in [0.1, 0.15) is 22.6 Å². The van der Waals surface area contributed by atoms with Gasteiger partial charge in [-0.15, -0.1) is 11.8 Å². The van der Waals surface area contributed by atoms with E-state index >= 15 is 0 Å². The number of benzene rings is 1. The van der Waals surface area contributed by atoms with Crippen molar-refractivity contribution in [3.05, 3.63) is 51.9 Å². The van der Waals surface area contributed by atoms with Gasteiger partial charge in [0.2, 0.25) is 11.8 Å². The Morgan fingerprint density at radius 2 is 1.68 bits per heavy atom. The number of nitrogens with zero attached hydrogens (tertiary/aromatic N) is 3. The van der Waals surface area contributed by atoms with Crippen molar-refractivity contribution in [1.29, 1.82) is 0 Å². The molecule has 0 saturated carbocycles. The van der Waals surface area contributed by atoms with Crippen molar-refractivity contribution in [2.75, 3.05) is 31.9 Å². The fourth-order valence-electron chi connectivity index (χ4n) is 3.15. The quantitative estimate of drug-likeness (QED) is 0.717. The molecule has 0 unspecified atom stereocenters. The number of piperazine rings is 1. The van der Waals surface area contributed by atoms with Crippen LogP contribution in [0.4, 0.5) is 0 Å². The molecular formula is C20H24ClN3O3S. The molecule has 0 spiro atoms. The molecule has 0 bridgehead atoms. The van der Waals surface area contributed by atoms with Gasteiger partial charge in [-0.05, 0) is 31.5 Å². The molecule has 1 aliphatic rings. The maximum atomic E-state index is 12.5. The minimum atomic E-state index is 0.0543. The number of rotatable bonds is 6. The standard InChI is InChI=1S/C20H24ClN3O3S/c1-14-18(15(2)27-22-14)11-19(25)23-7-9-24(10-8-23)20(26)13-28-12-16-3-5-17(21)6-4-16/h3-6H,7-13H2,1-2H3. The predicted octanol–water partition coefficient (Wildman–Crippen LogP) is 3.09. The third kappa shape index (κ3) is 5.29. The molecule has 3 rings (SSSR count). The zero-order chi connectivity index (χ0) is 20.1. The van der Waals surface area contributed by atoms with Crippen molar-refractivity contribution in [2.45, 2.75) is 26.0 Å². The summed E-state index contributed by atoms with van der Waals surface area (Å²) in [6.45, 7) is 5.95. The van der Waals surface area contributed by atoms with Gasteiger partial charge in [-0.2, -0.15) is 0 Å². The third-order valence-electron chi connectivity index (χ3n) is 4.90. The number of carbonyl (C=O) groups is 2. The SMILES string of the molecule is Cc1noc(C)c1CC(=O)N1CCN(C(=O)CSCc2ccc(Cl)cc2)CC1. The van der Waals surface area contributed by atoms with Crippen LogP contribution < -0.4 is 0 Å². The fourth-order valence-corrected chi connectivity index (χ4v) is 4.16. The van der Waals surface area contributed by atoms with Crippen LogP contribution >= 0.6 is 23.4 Å². The Balaban J connectivity index is 1.41. The van der Waals surface area contributed by atoms with Crippen LogP contribution in [0.2, 0.25) is 5.02 Å². The smallest absolute Gasteiger partial charge is 0.232 e. The molecule has 1 aromatic heterocycles. The molecule has 6 nitrogen and oxygen atoms in total. The summed E-state index contributed by atoms with van der Waals surface area (Å²) >= 11 is 7.48. The molecule has 0 N–H and O–H groups in total. The molecule has 2 heterocycles. The summed E-state index contributed by atoms with van der Waals surface area (Å²) in [6.07, 6.45) is 0.298. The van der Waals surface area contributed by atoms with Gasteiger partial charge in [0.05, 0.1) is 17.9 Å². The number of aromatic nitrogens is 1. The van der Waals surface area contributed by atoms with Crippen LogP contribution in [-0.4, -0.2) is 58.7 Å². The second-order valence-corrected chi connectivity index (χ2v) is 8.28. The van der Waals surface area contributed by atoms with Gasteiger partial charge in [0.1, 0.15) is 5.76 Å². The molecule has 150 valence electrons. The van der Waals surface area contributed by atoms with E-state index in [1.807, 2.05) is 47.9 Å². The topological polar surface area (TPSA) is 66.7 Å². The van der Waals surface area contributed by atoms with E-state index < -0.39 is 0 Å². The van der Waals surface area contributed by atoms with Gasteiger partial charge in [0.25, 0.3) is 0 Å². The lowest BCUT2D eigenvalue weighted by molar-refractivity contribution is -0.137. The first-order chi connectivity index (χ1) is 13.4. The fraction of sp³-hybridized carbons (Fsp3) is 0.450. The van der Waals surface area contributed by atoms with Crippen LogP contribution in [0.25, 0.3) is 0 Å². The second-order valence-electron chi connectivity index (χ2n) is 6.86. The number of hydrogen-bond acceptors (Lipinski definition) is 5. The Kier molecular flexibility index (Phi) is 7.02. The molecule has 28 heavy (non-hydrogen) atoms. The van der Waals surface area contributed by atoms with Crippen LogP contribution in [0.3, 0.4) is 0 Å². The van der Waals surface area contributed by atoms with Crippen molar-refractivity contribution in [2.24, 2.45) is 0 Å². The zero-order valence-corrected chi connectivity index (χ0v) is 17.7. The molecule has 0 aliphatic carbocycles. The summed E-state index contributed by atoms with van der Waals surface area (Å²) in [6, 6.07) is 7.67. The predicted molar refractivity (Wildman–Crippen MR) is 110 cm³/mol. The highest BCUT2D eigenvalue weighted by Gasteiger charge is 2.25. The maximum absolute atomic E-state index is 12.5. The highest BCUT2D eigenvalue weighted by molar-refractivity contribution is 7.99. The van der Waals surface area contributed by atoms with Gasteiger partial charge in [-0.3, -0.25) is 9.59 Å². The van der Waals surface area contributed by atoms with E-state index in [4.69, 9.17) is 16.1 Å². The normalized spacial score (nSPS) is 14.4. The minimum Gasteiger partial charge on any atom is -0.361 e. The number of halogens is 1. The first kappa shape index (κ1) is 20.7.